The summed E-state index contributed by atoms with van der Waals surface area (Å²) in [5.41, 5.74) is 0. The van der Waals surface area contributed by atoms with Crippen molar-refractivity contribution in [3.63, 3.8) is 0 Å². The van der Waals surface area contributed by atoms with Crippen LogP contribution in [-0.4, -0.2) is 109 Å². The molecule has 0 bridgehead atoms. The van der Waals surface area contributed by atoms with Gasteiger partial charge < -0.3 is 18.2 Å². The molecule has 0 aliphatic carbocycles. The highest BCUT2D eigenvalue weighted by molar-refractivity contribution is 4.83. The van der Waals surface area contributed by atoms with Gasteiger partial charge in [-0.1, -0.05) is 6.07 Å². The molecular weight excluding hydrogens is 336 g/mol. The standard InChI is InChI=1S/C6H14NO.C6H14N.C6H8N.C4H12N/c1-7(2)3-5-8-6-4-7;1-7(2)5-3-4-6-7;1-7-5-3-2-4-6-7;1-5(2,3)4/h3-6H2,1-2H3;3-6H2,1-2H3;2-6H,1H3;1-4H3/q4*+1. The fourth-order valence-corrected chi connectivity index (χ4v) is 2.51. The van der Waals surface area contributed by atoms with Crippen molar-refractivity contribution in [3.05, 3.63) is 30.6 Å². The van der Waals surface area contributed by atoms with E-state index >= 15 is 0 Å². The topological polar surface area (TPSA) is 13.1 Å². The summed E-state index contributed by atoms with van der Waals surface area (Å²) >= 11 is 0. The highest BCUT2D eigenvalue weighted by Crippen LogP contribution is 2.11. The van der Waals surface area contributed by atoms with Gasteiger partial charge in [-0.15, -0.1) is 0 Å². The van der Waals surface area contributed by atoms with E-state index in [1.807, 2.05) is 42.2 Å². The van der Waals surface area contributed by atoms with Gasteiger partial charge in [0.15, 0.2) is 12.4 Å². The number of quaternary nitrogens is 3. The van der Waals surface area contributed by atoms with Crippen molar-refractivity contribution in [1.82, 2.24) is 0 Å². The third-order valence-electron chi connectivity index (χ3n) is 4.32. The molecule has 0 radical (unpaired) electrons. The van der Waals surface area contributed by atoms with Gasteiger partial charge >= 0.3 is 0 Å². The lowest BCUT2D eigenvalue weighted by Crippen LogP contribution is -2.48. The molecule has 3 heterocycles. The van der Waals surface area contributed by atoms with Crippen LogP contribution in [0.2, 0.25) is 0 Å². The Balaban J connectivity index is 0.000000339. The fourth-order valence-electron chi connectivity index (χ4n) is 2.51. The lowest BCUT2D eigenvalue weighted by Gasteiger charge is -2.33. The number of likely N-dealkylation sites (N-methyl/N-ethyl adjacent to an activating group) is 1. The van der Waals surface area contributed by atoms with Gasteiger partial charge in [-0.25, -0.2) is 4.57 Å². The summed E-state index contributed by atoms with van der Waals surface area (Å²) in [6.07, 6.45) is 6.88. The van der Waals surface area contributed by atoms with E-state index < -0.39 is 0 Å². The van der Waals surface area contributed by atoms with Crippen LogP contribution >= 0.6 is 0 Å². The molecule has 0 atom stereocenters. The van der Waals surface area contributed by atoms with Crippen LogP contribution in [-0.2, 0) is 11.8 Å². The minimum atomic E-state index is 0.938. The van der Waals surface area contributed by atoms with Gasteiger partial charge in [0, 0.05) is 25.0 Å². The van der Waals surface area contributed by atoms with Crippen LogP contribution in [0.1, 0.15) is 12.8 Å². The van der Waals surface area contributed by atoms with Crippen molar-refractivity contribution >= 4 is 0 Å². The molecule has 0 aromatic carbocycles. The Kier molecular flexibility index (Phi) is 12.0. The maximum atomic E-state index is 5.19. The third-order valence-corrected chi connectivity index (χ3v) is 4.32. The fraction of sp³-hybridized carbons (Fsp3) is 0.773. The Labute approximate surface area is 169 Å². The number of hydrogen-bond donors (Lipinski definition) is 0. The van der Waals surface area contributed by atoms with Gasteiger partial charge in [0.25, 0.3) is 0 Å². The normalized spacial score (nSPS) is 20.0. The highest BCUT2D eigenvalue weighted by atomic mass is 16.5. The number of aromatic nitrogens is 1. The number of rotatable bonds is 0. The second-order valence-corrected chi connectivity index (χ2v) is 10.3. The summed E-state index contributed by atoms with van der Waals surface area (Å²) in [5.74, 6) is 0. The van der Waals surface area contributed by atoms with E-state index in [0.717, 1.165) is 22.2 Å². The van der Waals surface area contributed by atoms with Crippen molar-refractivity contribution in [3.8, 4) is 0 Å². The van der Waals surface area contributed by atoms with Crippen molar-refractivity contribution in [2.75, 3.05) is 95.8 Å². The van der Waals surface area contributed by atoms with Crippen LogP contribution in [0.3, 0.4) is 0 Å². The molecule has 5 nitrogen and oxygen atoms in total. The molecule has 2 aliphatic heterocycles. The van der Waals surface area contributed by atoms with Crippen LogP contribution in [0.4, 0.5) is 0 Å². The summed E-state index contributed by atoms with van der Waals surface area (Å²) in [7, 11) is 19.6. The van der Waals surface area contributed by atoms with Crippen LogP contribution in [0, 0.1) is 0 Å². The molecule has 0 N–H and O–H groups in total. The van der Waals surface area contributed by atoms with Gasteiger partial charge in [0.1, 0.15) is 20.1 Å². The maximum absolute atomic E-state index is 5.19. The van der Waals surface area contributed by atoms with Crippen LogP contribution in [0.15, 0.2) is 30.6 Å². The molecule has 0 unspecified atom stereocenters. The van der Waals surface area contributed by atoms with E-state index in [1.54, 1.807) is 0 Å². The molecule has 2 saturated heterocycles. The Bertz CT molecular complexity index is 459. The van der Waals surface area contributed by atoms with Gasteiger partial charge in [0.05, 0.1) is 82.7 Å². The molecule has 0 spiro atoms. The number of morpholine rings is 1. The first-order valence-electron chi connectivity index (χ1n) is 10.2. The first-order chi connectivity index (χ1) is 12.3. The van der Waals surface area contributed by atoms with E-state index in [0.29, 0.717) is 0 Å². The predicted octanol–water partition coefficient (Wildman–Crippen LogP) is 1.78. The Morgan fingerprint density at radius 1 is 0.704 bits per heavy atom. The number of ether oxygens (including phenoxy) is 1. The summed E-state index contributed by atoms with van der Waals surface area (Å²) in [4.78, 5) is 0. The van der Waals surface area contributed by atoms with Crippen molar-refractivity contribution in [1.29, 1.82) is 0 Å². The number of aryl methyl sites for hydroxylation is 1. The molecule has 1 aromatic rings. The average Bonchev–Trinajstić information content (AvgIpc) is 2.92. The van der Waals surface area contributed by atoms with E-state index in [4.69, 9.17) is 4.74 Å². The molecule has 3 rings (SSSR count). The Morgan fingerprint density at radius 3 is 1.26 bits per heavy atom. The summed E-state index contributed by atoms with van der Waals surface area (Å²) in [5, 5.41) is 0. The molecule has 158 valence electrons. The van der Waals surface area contributed by atoms with Crippen molar-refractivity contribution < 1.29 is 22.8 Å². The number of pyridine rings is 1. The van der Waals surface area contributed by atoms with Gasteiger partial charge in [-0.3, -0.25) is 0 Å². The zero-order valence-corrected chi connectivity index (χ0v) is 19.7. The predicted molar refractivity (Wildman–Crippen MR) is 115 cm³/mol. The van der Waals surface area contributed by atoms with Gasteiger partial charge in [0.2, 0.25) is 0 Å². The Morgan fingerprint density at radius 2 is 1.07 bits per heavy atom. The SMILES string of the molecule is C[N+](C)(C)C.C[N+]1(C)CCCC1.C[N+]1(C)CCOCC1.C[n+]1ccccc1. The number of nitrogens with zero attached hydrogens (tertiary/aromatic N) is 4. The maximum Gasteiger partial charge on any atom is 0.168 e. The average molecular weight is 385 g/mol. The number of hydrogen-bond acceptors (Lipinski definition) is 1. The zero-order valence-electron chi connectivity index (χ0n) is 19.7. The molecule has 2 fully saturated rings. The third kappa shape index (κ3) is 19.6. The van der Waals surface area contributed by atoms with E-state index in [9.17, 15) is 0 Å². The molecule has 0 amide bonds. The zero-order chi connectivity index (χ0) is 21.0. The van der Waals surface area contributed by atoms with E-state index in [-0.39, 0.29) is 0 Å². The first kappa shape index (κ1) is 26.0. The molecule has 1 aromatic heterocycles. The summed E-state index contributed by atoms with van der Waals surface area (Å²) in [6, 6.07) is 6.00. The van der Waals surface area contributed by atoms with Gasteiger partial charge in [-0.2, -0.15) is 0 Å². The molecular formula is C22H48N4O+4. The molecule has 0 saturated carbocycles. The van der Waals surface area contributed by atoms with Gasteiger partial charge in [-0.05, 0) is 0 Å². The quantitative estimate of drug-likeness (QED) is 0.491. The van der Waals surface area contributed by atoms with E-state index in [1.165, 1.54) is 43.5 Å². The van der Waals surface area contributed by atoms with E-state index in [2.05, 4.69) is 56.4 Å². The minimum Gasteiger partial charge on any atom is -0.370 e. The van der Waals surface area contributed by atoms with Crippen molar-refractivity contribution in [2.24, 2.45) is 7.05 Å². The minimum absolute atomic E-state index is 0.938. The molecule has 2 aliphatic rings. The van der Waals surface area contributed by atoms with Crippen LogP contribution < -0.4 is 4.57 Å². The van der Waals surface area contributed by atoms with Crippen LogP contribution in [0.5, 0.6) is 0 Å². The lowest BCUT2D eigenvalue weighted by atomic mass is 10.4. The molecule has 27 heavy (non-hydrogen) atoms. The highest BCUT2D eigenvalue weighted by Gasteiger charge is 2.20. The van der Waals surface area contributed by atoms with Crippen molar-refractivity contribution in [2.45, 2.75) is 12.8 Å². The second kappa shape index (κ2) is 12.4. The monoisotopic (exact) mass is 384 g/mol. The largest absolute Gasteiger partial charge is 0.370 e. The lowest BCUT2D eigenvalue weighted by molar-refractivity contribution is -0.898. The first-order valence-corrected chi connectivity index (χ1v) is 10.2. The smallest absolute Gasteiger partial charge is 0.168 e. The Hall–Kier alpha value is -1.01. The second-order valence-electron chi connectivity index (χ2n) is 10.3. The van der Waals surface area contributed by atoms with Crippen LogP contribution in [0.25, 0.3) is 0 Å². The number of likely N-dealkylation sites (tertiary alicyclic amines) is 1. The summed E-state index contributed by atoms with van der Waals surface area (Å²) < 4.78 is 10.6. The molecule has 5 heteroatoms. The summed E-state index contributed by atoms with van der Waals surface area (Å²) in [6.45, 7) is 6.99.